The summed E-state index contributed by atoms with van der Waals surface area (Å²) in [5.74, 6) is -1.23. The highest BCUT2D eigenvalue weighted by Gasteiger charge is 2.04. The molecule has 0 saturated carbocycles. The van der Waals surface area contributed by atoms with Gasteiger partial charge in [0.25, 0.3) is 0 Å². The van der Waals surface area contributed by atoms with Crippen LogP contribution in [0.3, 0.4) is 0 Å². The Morgan fingerprint density at radius 3 is 2.92 bits per heavy atom. The van der Waals surface area contributed by atoms with Crippen molar-refractivity contribution in [2.24, 2.45) is 0 Å². The monoisotopic (exact) mass is 174 g/mol. The summed E-state index contributed by atoms with van der Waals surface area (Å²) in [6.45, 7) is 0. The second kappa shape index (κ2) is 4.02. The minimum absolute atomic E-state index is 0.298. The predicted octanol–water partition coefficient (Wildman–Crippen LogP) is 1.07. The molecule has 0 aliphatic carbocycles. The average molecular weight is 174 g/mol. The van der Waals surface area contributed by atoms with Crippen molar-refractivity contribution in [3.63, 3.8) is 0 Å². The minimum Gasteiger partial charge on any atom is -0.477 e. The lowest BCUT2D eigenvalue weighted by atomic mass is 10.2. The van der Waals surface area contributed by atoms with Crippen molar-refractivity contribution in [1.29, 1.82) is 5.26 Å². The summed E-state index contributed by atoms with van der Waals surface area (Å²) in [4.78, 5) is 14.2. The summed E-state index contributed by atoms with van der Waals surface area (Å²) in [6.07, 6.45) is 4.33. The van der Waals surface area contributed by atoms with Crippen molar-refractivity contribution in [2.45, 2.75) is 0 Å². The molecule has 1 heterocycles. The number of carbonyl (C=O) groups is 1. The van der Waals surface area contributed by atoms with E-state index in [1.54, 1.807) is 24.4 Å². The number of aromatic nitrogens is 1. The topological polar surface area (TPSA) is 74.0 Å². The van der Waals surface area contributed by atoms with Crippen molar-refractivity contribution in [3.05, 3.63) is 35.7 Å². The van der Waals surface area contributed by atoms with Gasteiger partial charge in [0.1, 0.15) is 11.6 Å². The highest BCUT2D eigenvalue weighted by Crippen LogP contribution is 2.04. The third-order valence-electron chi connectivity index (χ3n) is 1.35. The van der Waals surface area contributed by atoms with Gasteiger partial charge < -0.3 is 5.11 Å². The van der Waals surface area contributed by atoms with E-state index in [1.807, 2.05) is 0 Å². The maximum absolute atomic E-state index is 10.4. The Kier molecular flexibility index (Phi) is 2.77. The van der Waals surface area contributed by atoms with Crippen molar-refractivity contribution < 1.29 is 9.90 Å². The first-order valence-corrected chi connectivity index (χ1v) is 3.49. The molecule has 0 radical (unpaired) electrons. The molecule has 0 aromatic carbocycles. The maximum atomic E-state index is 10.4. The van der Waals surface area contributed by atoms with E-state index in [0.29, 0.717) is 5.56 Å². The van der Waals surface area contributed by atoms with Gasteiger partial charge in [-0.2, -0.15) is 5.26 Å². The summed E-state index contributed by atoms with van der Waals surface area (Å²) < 4.78 is 0. The van der Waals surface area contributed by atoms with Crippen LogP contribution < -0.4 is 0 Å². The first-order chi connectivity index (χ1) is 6.24. The predicted molar refractivity (Wildman–Crippen MR) is 45.5 cm³/mol. The lowest BCUT2D eigenvalue weighted by Crippen LogP contribution is -1.97. The standard InChI is InChI=1S/C9H6N2O2/c10-5-8(9(12)13)4-7-2-1-3-11-6-7/h1-4,6H,(H,12,13)/b8-4-. The summed E-state index contributed by atoms with van der Waals surface area (Å²) in [5, 5.41) is 17.0. The van der Waals surface area contributed by atoms with Crippen LogP contribution in [0.2, 0.25) is 0 Å². The van der Waals surface area contributed by atoms with Gasteiger partial charge in [-0.3, -0.25) is 4.98 Å². The zero-order chi connectivity index (χ0) is 9.68. The Hall–Kier alpha value is -2.15. The van der Waals surface area contributed by atoms with E-state index >= 15 is 0 Å². The molecule has 0 aliphatic rings. The number of hydrogen-bond donors (Lipinski definition) is 1. The second-order valence-corrected chi connectivity index (χ2v) is 2.26. The van der Waals surface area contributed by atoms with E-state index in [0.717, 1.165) is 0 Å². The zero-order valence-corrected chi connectivity index (χ0v) is 6.64. The smallest absolute Gasteiger partial charge is 0.346 e. The normalized spacial score (nSPS) is 10.5. The molecule has 0 aliphatic heterocycles. The number of nitrogens with zero attached hydrogens (tertiary/aromatic N) is 2. The van der Waals surface area contributed by atoms with Crippen LogP contribution in [0.1, 0.15) is 5.56 Å². The van der Waals surface area contributed by atoms with Gasteiger partial charge in [-0.05, 0) is 17.7 Å². The molecular weight excluding hydrogens is 168 g/mol. The van der Waals surface area contributed by atoms with E-state index in [2.05, 4.69) is 4.98 Å². The number of carboxylic acid groups (broad SMARTS) is 1. The fraction of sp³-hybridized carbons (Fsp3) is 0. The summed E-state index contributed by atoms with van der Waals surface area (Å²) in [6, 6.07) is 4.93. The third-order valence-corrected chi connectivity index (χ3v) is 1.35. The molecule has 0 bridgehead atoms. The fourth-order valence-corrected chi connectivity index (χ4v) is 0.770. The van der Waals surface area contributed by atoms with E-state index in [9.17, 15) is 4.79 Å². The summed E-state index contributed by atoms with van der Waals surface area (Å²) in [5.41, 5.74) is 0.300. The number of nitriles is 1. The molecule has 1 aromatic heterocycles. The molecule has 4 nitrogen and oxygen atoms in total. The van der Waals surface area contributed by atoms with E-state index in [1.165, 1.54) is 12.3 Å². The zero-order valence-electron chi connectivity index (χ0n) is 6.64. The van der Waals surface area contributed by atoms with Gasteiger partial charge in [-0.1, -0.05) is 6.07 Å². The van der Waals surface area contributed by atoms with Gasteiger partial charge in [0.2, 0.25) is 0 Å². The molecular formula is C9H6N2O2. The lowest BCUT2D eigenvalue weighted by Gasteiger charge is -1.91. The van der Waals surface area contributed by atoms with Crippen LogP contribution in [-0.4, -0.2) is 16.1 Å². The van der Waals surface area contributed by atoms with Crippen LogP contribution in [0.4, 0.5) is 0 Å². The Morgan fingerprint density at radius 1 is 1.69 bits per heavy atom. The Morgan fingerprint density at radius 2 is 2.46 bits per heavy atom. The van der Waals surface area contributed by atoms with Crippen LogP contribution in [-0.2, 0) is 4.79 Å². The van der Waals surface area contributed by atoms with Gasteiger partial charge in [-0.15, -0.1) is 0 Å². The molecule has 0 spiro atoms. The summed E-state index contributed by atoms with van der Waals surface area (Å²) >= 11 is 0. The molecule has 13 heavy (non-hydrogen) atoms. The van der Waals surface area contributed by atoms with Gasteiger partial charge >= 0.3 is 5.97 Å². The lowest BCUT2D eigenvalue weighted by molar-refractivity contribution is -0.132. The average Bonchev–Trinajstić information content (AvgIpc) is 2.15. The van der Waals surface area contributed by atoms with Crippen LogP contribution in [0.5, 0.6) is 0 Å². The second-order valence-electron chi connectivity index (χ2n) is 2.26. The molecule has 4 heteroatoms. The van der Waals surface area contributed by atoms with E-state index in [-0.39, 0.29) is 5.57 Å². The maximum Gasteiger partial charge on any atom is 0.346 e. The Balaban J connectivity index is 3.01. The van der Waals surface area contributed by atoms with Crippen molar-refractivity contribution in [3.8, 4) is 6.07 Å². The van der Waals surface area contributed by atoms with Crippen LogP contribution in [0.25, 0.3) is 6.08 Å². The van der Waals surface area contributed by atoms with Crippen molar-refractivity contribution in [1.82, 2.24) is 4.98 Å². The highest BCUT2D eigenvalue weighted by molar-refractivity contribution is 5.96. The quantitative estimate of drug-likeness (QED) is 0.537. The molecule has 64 valence electrons. The molecule has 0 atom stereocenters. The van der Waals surface area contributed by atoms with Crippen molar-refractivity contribution in [2.75, 3.05) is 0 Å². The SMILES string of the molecule is N#C/C(=C/c1cccnc1)C(=O)O. The van der Waals surface area contributed by atoms with Crippen molar-refractivity contribution >= 4 is 12.0 Å². The Labute approximate surface area is 74.8 Å². The van der Waals surface area contributed by atoms with E-state index < -0.39 is 5.97 Å². The van der Waals surface area contributed by atoms with Crippen LogP contribution in [0, 0.1) is 11.3 Å². The molecule has 0 saturated heterocycles. The van der Waals surface area contributed by atoms with Gasteiger partial charge in [0, 0.05) is 12.4 Å². The largest absolute Gasteiger partial charge is 0.477 e. The van der Waals surface area contributed by atoms with Crippen LogP contribution in [0.15, 0.2) is 30.1 Å². The van der Waals surface area contributed by atoms with Gasteiger partial charge in [-0.25, -0.2) is 4.79 Å². The van der Waals surface area contributed by atoms with Crippen LogP contribution >= 0.6 is 0 Å². The number of hydrogen-bond acceptors (Lipinski definition) is 3. The first kappa shape index (κ1) is 8.94. The number of rotatable bonds is 2. The van der Waals surface area contributed by atoms with E-state index in [4.69, 9.17) is 10.4 Å². The fourth-order valence-electron chi connectivity index (χ4n) is 0.770. The van der Waals surface area contributed by atoms with Gasteiger partial charge in [0.05, 0.1) is 0 Å². The number of pyridine rings is 1. The third kappa shape index (κ3) is 2.42. The summed E-state index contributed by atoms with van der Waals surface area (Å²) in [7, 11) is 0. The number of aliphatic carboxylic acids is 1. The highest BCUT2D eigenvalue weighted by atomic mass is 16.4. The Bertz CT molecular complexity index is 376. The minimum atomic E-state index is -1.23. The molecule has 0 amide bonds. The first-order valence-electron chi connectivity index (χ1n) is 3.49. The molecule has 0 unspecified atom stereocenters. The molecule has 1 aromatic rings. The molecule has 1 rings (SSSR count). The molecule has 0 fully saturated rings. The number of carboxylic acids is 1. The van der Waals surface area contributed by atoms with Gasteiger partial charge in [0.15, 0.2) is 0 Å². The molecule has 1 N–H and O–H groups in total.